The van der Waals surface area contributed by atoms with E-state index in [9.17, 15) is 14.4 Å². The molecule has 2 heterocycles. The molecule has 10 heteroatoms. The van der Waals surface area contributed by atoms with Crippen LogP contribution < -0.4 is 21.9 Å². The van der Waals surface area contributed by atoms with Crippen LogP contribution in [0.1, 0.15) is 27.4 Å². The van der Waals surface area contributed by atoms with Gasteiger partial charge in [-0.3, -0.25) is 24.0 Å². The maximum atomic E-state index is 13.5. The molecule has 158 valence electrons. The first-order chi connectivity index (χ1) is 14.3. The maximum Gasteiger partial charge on any atom is 0.330 e. The first-order valence-electron chi connectivity index (χ1n) is 9.25. The third kappa shape index (κ3) is 4.03. The fourth-order valence-electron chi connectivity index (χ4n) is 3.18. The van der Waals surface area contributed by atoms with Crippen LogP contribution in [0.15, 0.2) is 44.4 Å². The number of hydrogen-bond acceptors (Lipinski definition) is 7. The number of nitrogens with one attached hydrogen (secondary N) is 1. The highest BCUT2D eigenvalue weighted by Gasteiger charge is 2.29. The van der Waals surface area contributed by atoms with E-state index in [0.29, 0.717) is 11.5 Å². The smallest absolute Gasteiger partial charge is 0.330 e. The predicted molar refractivity (Wildman–Crippen MR) is 111 cm³/mol. The number of nitrogen functional groups attached to an aromatic ring is 1. The number of carbonyl (C=O) groups is 1. The van der Waals surface area contributed by atoms with E-state index in [0.717, 1.165) is 5.56 Å². The number of H-pyrrole nitrogens is 1. The first kappa shape index (κ1) is 21.1. The molecule has 0 fully saturated rings. The molecule has 0 atom stereocenters. The maximum absolute atomic E-state index is 13.5. The summed E-state index contributed by atoms with van der Waals surface area (Å²) in [4.78, 5) is 41.9. The van der Waals surface area contributed by atoms with E-state index in [1.165, 1.54) is 16.6 Å². The summed E-state index contributed by atoms with van der Waals surface area (Å²) in [6.07, 6.45) is 0. The molecule has 0 saturated heterocycles. The van der Waals surface area contributed by atoms with Crippen LogP contribution in [0.5, 0.6) is 0 Å². The average molecular weight is 413 g/mol. The molecule has 1 amide bonds. The molecule has 0 unspecified atom stereocenters. The van der Waals surface area contributed by atoms with Crippen LogP contribution in [0.4, 0.5) is 11.5 Å². The van der Waals surface area contributed by atoms with Gasteiger partial charge in [0.15, 0.2) is 5.69 Å². The number of aromatic nitrogens is 3. The van der Waals surface area contributed by atoms with E-state index in [2.05, 4.69) is 10.1 Å². The van der Waals surface area contributed by atoms with Gasteiger partial charge in [-0.05, 0) is 19.4 Å². The summed E-state index contributed by atoms with van der Waals surface area (Å²) in [5.41, 5.74) is 6.03. The minimum absolute atomic E-state index is 0.0551. The Kier molecular flexibility index (Phi) is 6.17. The Morgan fingerprint density at radius 2 is 1.97 bits per heavy atom. The molecular formula is C20H23N5O5. The number of ether oxygens (including phenoxy) is 1. The van der Waals surface area contributed by atoms with Gasteiger partial charge in [-0.1, -0.05) is 35.5 Å². The predicted octanol–water partition coefficient (Wildman–Crippen LogP) is 1.22. The van der Waals surface area contributed by atoms with Gasteiger partial charge in [-0.15, -0.1) is 0 Å². The molecule has 2 aromatic heterocycles. The van der Waals surface area contributed by atoms with E-state index >= 15 is 0 Å². The van der Waals surface area contributed by atoms with Gasteiger partial charge in [0.25, 0.3) is 11.5 Å². The summed E-state index contributed by atoms with van der Waals surface area (Å²) >= 11 is 0. The number of aryl methyl sites for hydroxylation is 2. The molecule has 3 N–H and O–H groups in total. The number of anilines is 2. The van der Waals surface area contributed by atoms with Crippen LogP contribution in [0.3, 0.4) is 0 Å². The van der Waals surface area contributed by atoms with Crippen molar-refractivity contribution in [2.24, 2.45) is 0 Å². The average Bonchev–Trinajstić information content (AvgIpc) is 3.05. The highest BCUT2D eigenvalue weighted by Crippen LogP contribution is 2.24. The molecule has 30 heavy (non-hydrogen) atoms. The van der Waals surface area contributed by atoms with Crippen LogP contribution in [-0.2, 0) is 17.8 Å². The van der Waals surface area contributed by atoms with E-state index in [1.807, 2.05) is 30.3 Å². The molecule has 0 spiro atoms. The van der Waals surface area contributed by atoms with Crippen molar-refractivity contribution in [1.82, 2.24) is 14.7 Å². The van der Waals surface area contributed by atoms with Crippen molar-refractivity contribution < 1.29 is 14.1 Å². The highest BCUT2D eigenvalue weighted by atomic mass is 16.5. The number of carbonyl (C=O) groups excluding carboxylic acids is 1. The van der Waals surface area contributed by atoms with Crippen molar-refractivity contribution in [1.29, 1.82) is 0 Å². The van der Waals surface area contributed by atoms with Crippen LogP contribution >= 0.6 is 0 Å². The summed E-state index contributed by atoms with van der Waals surface area (Å²) in [5.74, 6) is -0.320. The van der Waals surface area contributed by atoms with Gasteiger partial charge >= 0.3 is 5.69 Å². The Hall–Kier alpha value is -3.66. The molecule has 0 saturated carbocycles. The van der Waals surface area contributed by atoms with E-state index in [-0.39, 0.29) is 36.8 Å². The Morgan fingerprint density at radius 1 is 1.27 bits per heavy atom. The lowest BCUT2D eigenvalue weighted by Crippen LogP contribution is -2.41. The van der Waals surface area contributed by atoms with Gasteiger partial charge in [-0.2, -0.15) is 0 Å². The second-order valence-corrected chi connectivity index (χ2v) is 6.71. The monoisotopic (exact) mass is 413 g/mol. The van der Waals surface area contributed by atoms with Gasteiger partial charge in [0.2, 0.25) is 0 Å². The number of nitrogens with zero attached hydrogens (tertiary/aromatic N) is 3. The largest absolute Gasteiger partial charge is 0.383 e. The molecule has 1 aromatic carbocycles. The van der Waals surface area contributed by atoms with E-state index in [1.54, 1.807) is 13.8 Å². The summed E-state index contributed by atoms with van der Waals surface area (Å²) in [7, 11) is 1.48. The van der Waals surface area contributed by atoms with Gasteiger partial charge < -0.3 is 15.0 Å². The lowest BCUT2D eigenvalue weighted by molar-refractivity contribution is 0.0982. The summed E-state index contributed by atoms with van der Waals surface area (Å²) in [6, 6.07) is 9.12. The number of benzene rings is 1. The van der Waals surface area contributed by atoms with Crippen molar-refractivity contribution in [2.75, 3.05) is 24.4 Å². The normalized spacial score (nSPS) is 10.9. The van der Waals surface area contributed by atoms with E-state index in [4.69, 9.17) is 15.0 Å². The van der Waals surface area contributed by atoms with Crippen molar-refractivity contribution in [2.45, 2.75) is 26.9 Å². The van der Waals surface area contributed by atoms with Gasteiger partial charge in [0, 0.05) is 7.11 Å². The molecular weight excluding hydrogens is 390 g/mol. The number of rotatable bonds is 7. The molecule has 10 nitrogen and oxygen atoms in total. The first-order valence-corrected chi connectivity index (χ1v) is 9.25. The number of methoxy groups -OCH3 is 1. The minimum Gasteiger partial charge on any atom is -0.383 e. The third-order valence-electron chi connectivity index (χ3n) is 4.68. The molecule has 0 aliphatic heterocycles. The van der Waals surface area contributed by atoms with Crippen LogP contribution in [-0.4, -0.2) is 34.3 Å². The zero-order chi connectivity index (χ0) is 21.8. The highest BCUT2D eigenvalue weighted by molar-refractivity contribution is 6.08. The van der Waals surface area contributed by atoms with Crippen LogP contribution in [0.2, 0.25) is 0 Å². The standard InChI is InChI=1S/C20H23N5O5/c1-12-15(13(2)30-23-12)19(27)25(11-14-7-5-4-6-8-14)16-17(21)24(9-10-29-3)20(28)22-18(16)26/h4-8H,9-11,21H2,1-3H3,(H,22,26,28). The summed E-state index contributed by atoms with van der Waals surface area (Å²) in [5, 5.41) is 3.83. The lowest BCUT2D eigenvalue weighted by atomic mass is 10.1. The topological polar surface area (TPSA) is 136 Å². The van der Waals surface area contributed by atoms with Gasteiger partial charge in [0.1, 0.15) is 17.1 Å². The minimum atomic E-state index is -0.762. The Bertz CT molecular complexity index is 1140. The van der Waals surface area contributed by atoms with Crippen molar-refractivity contribution in [3.8, 4) is 0 Å². The number of aromatic amines is 1. The molecule has 0 aliphatic rings. The Morgan fingerprint density at radius 3 is 2.57 bits per heavy atom. The lowest BCUT2D eigenvalue weighted by Gasteiger charge is -2.24. The number of hydrogen-bond donors (Lipinski definition) is 2. The van der Waals surface area contributed by atoms with Crippen molar-refractivity contribution >= 4 is 17.4 Å². The molecule has 0 radical (unpaired) electrons. The molecule has 0 bridgehead atoms. The summed E-state index contributed by atoms with van der Waals surface area (Å²) in [6.45, 7) is 3.62. The Labute approximate surface area is 171 Å². The number of amides is 1. The third-order valence-corrected chi connectivity index (χ3v) is 4.68. The second-order valence-electron chi connectivity index (χ2n) is 6.71. The van der Waals surface area contributed by atoms with Gasteiger partial charge in [0.05, 0.1) is 25.4 Å². The quantitative estimate of drug-likeness (QED) is 0.594. The molecule has 3 aromatic rings. The zero-order valence-corrected chi connectivity index (χ0v) is 17.0. The molecule has 3 rings (SSSR count). The SMILES string of the molecule is COCCn1c(N)c(N(Cc2ccccc2)C(=O)c2c(C)noc2C)c(=O)[nH]c1=O. The van der Waals surface area contributed by atoms with Gasteiger partial charge in [-0.25, -0.2) is 4.79 Å². The fourth-order valence-corrected chi connectivity index (χ4v) is 3.18. The van der Waals surface area contributed by atoms with E-state index < -0.39 is 17.2 Å². The van der Waals surface area contributed by atoms with Crippen LogP contribution in [0.25, 0.3) is 0 Å². The summed E-state index contributed by atoms with van der Waals surface area (Å²) < 4.78 is 11.3. The Balaban J connectivity index is 2.19. The fraction of sp³-hybridized carbons (Fsp3) is 0.300. The molecule has 0 aliphatic carbocycles. The van der Waals surface area contributed by atoms with Crippen LogP contribution in [0, 0.1) is 13.8 Å². The van der Waals surface area contributed by atoms with Crippen molar-refractivity contribution in [3.63, 3.8) is 0 Å². The van der Waals surface area contributed by atoms with Crippen molar-refractivity contribution in [3.05, 3.63) is 73.8 Å². The zero-order valence-electron chi connectivity index (χ0n) is 17.0. The second kappa shape index (κ2) is 8.78. The number of nitrogens with two attached hydrogens (primary N) is 1.